The van der Waals surface area contributed by atoms with Crippen LogP contribution in [-0.2, 0) is 15.2 Å². The van der Waals surface area contributed by atoms with Gasteiger partial charge in [-0.1, -0.05) is 35.3 Å². The van der Waals surface area contributed by atoms with E-state index in [-0.39, 0.29) is 27.4 Å². The van der Waals surface area contributed by atoms with Crippen molar-refractivity contribution in [1.82, 2.24) is 10.9 Å². The van der Waals surface area contributed by atoms with E-state index in [1.54, 1.807) is 39.0 Å². The highest BCUT2D eigenvalue weighted by Gasteiger charge is 2.59. The third-order valence-corrected chi connectivity index (χ3v) is 5.01. The van der Waals surface area contributed by atoms with Crippen molar-refractivity contribution in [3.63, 3.8) is 0 Å². The predicted molar refractivity (Wildman–Crippen MR) is 116 cm³/mol. The van der Waals surface area contributed by atoms with Crippen molar-refractivity contribution in [2.24, 2.45) is 0 Å². The molecule has 3 rings (SSSR count). The Morgan fingerprint density at radius 2 is 1.81 bits per heavy atom. The number of hydrogen-bond acceptors (Lipinski definition) is 5. The molecule has 6 nitrogen and oxygen atoms in total. The third-order valence-electron chi connectivity index (χ3n) is 4.57. The number of aryl methyl sites for hydroxylation is 1. The average molecular weight is 490 g/mol. The molecule has 2 aromatic rings. The minimum atomic E-state index is -4.82. The van der Waals surface area contributed by atoms with Crippen molar-refractivity contribution in [3.05, 3.63) is 69.2 Å². The molecule has 0 saturated carbocycles. The smallest absolute Gasteiger partial charge is 0.428 e. The van der Waals surface area contributed by atoms with Gasteiger partial charge in [0.1, 0.15) is 0 Å². The number of nitrogens with one attached hydrogen (secondary N) is 3. The van der Waals surface area contributed by atoms with E-state index in [4.69, 9.17) is 32.8 Å². The number of hydrogen-bond donors (Lipinski definition) is 3. The van der Waals surface area contributed by atoms with E-state index < -0.39 is 17.9 Å². The van der Waals surface area contributed by atoms with Crippen LogP contribution in [0.25, 0.3) is 5.70 Å². The molecular weight excluding hydrogens is 470 g/mol. The molecule has 1 atom stereocenters. The van der Waals surface area contributed by atoms with Crippen molar-refractivity contribution in [1.29, 1.82) is 0 Å². The Hall–Kier alpha value is -2.62. The first kappa shape index (κ1) is 24.0. The number of alkyl halides is 3. The first-order chi connectivity index (χ1) is 14.9. The van der Waals surface area contributed by atoms with E-state index in [2.05, 4.69) is 16.3 Å². The second kappa shape index (κ2) is 9.09. The first-order valence-electron chi connectivity index (χ1n) is 9.45. The van der Waals surface area contributed by atoms with Crippen LogP contribution >= 0.6 is 23.2 Å². The first-order valence-corrected chi connectivity index (χ1v) is 10.2. The molecule has 3 N–H and O–H groups in total. The molecule has 11 heteroatoms. The minimum absolute atomic E-state index is 0.0442. The predicted octanol–water partition coefficient (Wildman–Crippen LogP) is 6.10. The number of rotatable bonds is 5. The third kappa shape index (κ3) is 5.06. The van der Waals surface area contributed by atoms with Crippen LogP contribution in [0, 0.1) is 6.92 Å². The molecule has 32 heavy (non-hydrogen) atoms. The topological polar surface area (TPSA) is 71.6 Å². The van der Waals surface area contributed by atoms with E-state index in [1.807, 2.05) is 0 Å². The lowest BCUT2D eigenvalue weighted by Crippen LogP contribution is -2.42. The van der Waals surface area contributed by atoms with E-state index in [0.29, 0.717) is 11.3 Å². The summed E-state index contributed by atoms with van der Waals surface area (Å²) in [7, 11) is 0. The molecule has 0 radical (unpaired) electrons. The highest BCUT2D eigenvalue weighted by molar-refractivity contribution is 6.34. The van der Waals surface area contributed by atoms with Gasteiger partial charge in [0.25, 0.3) is 0 Å². The number of hydroxylamine groups is 1. The summed E-state index contributed by atoms with van der Waals surface area (Å²) in [6.07, 6.45) is -4.90. The van der Waals surface area contributed by atoms with Gasteiger partial charge >= 0.3 is 12.3 Å². The number of anilines is 1. The van der Waals surface area contributed by atoms with Crippen molar-refractivity contribution in [2.75, 3.05) is 5.43 Å². The molecule has 172 valence electrons. The normalized spacial score (nSPS) is 18.2. The number of carbonyl (C=O) groups is 1. The van der Waals surface area contributed by atoms with Crippen LogP contribution in [0.5, 0.6) is 0 Å². The highest BCUT2D eigenvalue weighted by Crippen LogP contribution is 2.48. The van der Waals surface area contributed by atoms with Crippen molar-refractivity contribution in [3.8, 4) is 0 Å². The molecule has 1 amide bonds. The number of amides is 1. The SMILES string of the molecule is Cc1ccc(C2=CC(c3cc(Cl)cc(Cl)c3)(C(F)(F)F)ON2)cc1NNC(=O)OC(C)C. The van der Waals surface area contributed by atoms with E-state index >= 15 is 0 Å². The lowest BCUT2D eigenvalue weighted by Gasteiger charge is -2.28. The van der Waals surface area contributed by atoms with E-state index in [9.17, 15) is 18.0 Å². The zero-order valence-electron chi connectivity index (χ0n) is 17.2. The Morgan fingerprint density at radius 1 is 1.16 bits per heavy atom. The lowest BCUT2D eigenvalue weighted by atomic mass is 9.91. The number of carbonyl (C=O) groups excluding carboxylic acids is 1. The summed E-state index contributed by atoms with van der Waals surface area (Å²) in [6.45, 7) is 5.16. The molecule has 1 aliphatic heterocycles. The summed E-state index contributed by atoms with van der Waals surface area (Å²) in [5, 5.41) is 0.0884. The molecule has 1 heterocycles. The van der Waals surface area contributed by atoms with E-state index in [0.717, 1.165) is 23.8 Å². The Bertz CT molecular complexity index is 1040. The Labute approximate surface area is 192 Å². The quantitative estimate of drug-likeness (QED) is 0.442. The monoisotopic (exact) mass is 489 g/mol. The molecular formula is C21H20Cl2F3N3O3. The Balaban J connectivity index is 1.95. The number of benzene rings is 2. The molecule has 0 aromatic heterocycles. The molecule has 1 aliphatic rings. The van der Waals surface area contributed by atoms with Crippen LogP contribution < -0.4 is 16.3 Å². The van der Waals surface area contributed by atoms with Crippen molar-refractivity contribution in [2.45, 2.75) is 38.7 Å². The average Bonchev–Trinajstić information content (AvgIpc) is 3.13. The maximum atomic E-state index is 14.1. The Kier molecular flexibility index (Phi) is 6.83. The fraction of sp³-hybridized carbons (Fsp3) is 0.286. The van der Waals surface area contributed by atoms with Gasteiger partial charge in [0.05, 0.1) is 17.5 Å². The van der Waals surface area contributed by atoms with Crippen LogP contribution in [0.3, 0.4) is 0 Å². The molecule has 2 aromatic carbocycles. The van der Waals surface area contributed by atoms with E-state index in [1.165, 1.54) is 6.07 Å². The van der Waals surface area contributed by atoms with Gasteiger partial charge < -0.3 is 4.74 Å². The molecule has 0 saturated heterocycles. The number of ether oxygens (including phenoxy) is 1. The lowest BCUT2D eigenvalue weighted by molar-refractivity contribution is -0.269. The zero-order chi connectivity index (χ0) is 23.7. The summed E-state index contributed by atoms with van der Waals surface area (Å²) >= 11 is 11.8. The fourth-order valence-corrected chi connectivity index (χ4v) is 3.57. The maximum Gasteiger partial charge on any atom is 0.428 e. The summed E-state index contributed by atoms with van der Waals surface area (Å²) in [5.74, 6) is 0. The second-order valence-electron chi connectivity index (χ2n) is 7.39. The summed E-state index contributed by atoms with van der Waals surface area (Å²) < 4.78 is 47.4. The Morgan fingerprint density at radius 3 is 2.41 bits per heavy atom. The van der Waals surface area contributed by atoms with Gasteiger partial charge in [-0.3, -0.25) is 15.7 Å². The molecule has 0 bridgehead atoms. The second-order valence-corrected chi connectivity index (χ2v) is 8.26. The fourth-order valence-electron chi connectivity index (χ4n) is 3.04. The van der Waals surface area contributed by atoms with Crippen molar-refractivity contribution < 1.29 is 27.5 Å². The summed E-state index contributed by atoms with van der Waals surface area (Å²) in [6, 6.07) is 8.48. The van der Waals surface area contributed by atoms with Crippen LogP contribution in [0.4, 0.5) is 23.7 Å². The van der Waals surface area contributed by atoms with Gasteiger partial charge in [-0.25, -0.2) is 10.2 Å². The van der Waals surface area contributed by atoms with Gasteiger partial charge in [0.15, 0.2) is 0 Å². The number of hydrazine groups is 1. The van der Waals surface area contributed by atoms with Gasteiger partial charge in [-0.15, -0.1) is 0 Å². The van der Waals surface area contributed by atoms with Gasteiger partial charge in [-0.05, 0) is 56.7 Å². The summed E-state index contributed by atoms with van der Waals surface area (Å²) in [5.41, 5.74) is 6.03. The summed E-state index contributed by atoms with van der Waals surface area (Å²) in [4.78, 5) is 16.8. The molecule has 1 unspecified atom stereocenters. The standard InChI is InChI=1S/C21H20Cl2F3N3O3/c1-11(2)31-19(30)28-27-17-6-13(5-4-12(17)3)18-10-20(32-29-18,21(24,25)26)14-7-15(22)9-16(23)8-14/h4-11,27,29H,1-3H3,(H,28,30). The molecule has 0 aliphatic carbocycles. The number of halogens is 5. The maximum absolute atomic E-state index is 14.1. The largest absolute Gasteiger partial charge is 0.446 e. The van der Waals surface area contributed by atoms with Crippen LogP contribution in [0.15, 0.2) is 42.5 Å². The molecule has 0 spiro atoms. The minimum Gasteiger partial charge on any atom is -0.446 e. The molecule has 0 fully saturated rings. The van der Waals surface area contributed by atoms with Crippen molar-refractivity contribution >= 4 is 40.7 Å². The van der Waals surface area contributed by atoms with Crippen LogP contribution in [0.1, 0.15) is 30.5 Å². The zero-order valence-corrected chi connectivity index (χ0v) is 18.7. The van der Waals surface area contributed by atoms with Gasteiger partial charge in [0, 0.05) is 21.2 Å². The van der Waals surface area contributed by atoms with Gasteiger partial charge in [0.2, 0.25) is 5.60 Å². The van der Waals surface area contributed by atoms with Gasteiger partial charge in [-0.2, -0.15) is 13.2 Å². The van der Waals surface area contributed by atoms with Crippen LogP contribution in [-0.4, -0.2) is 18.4 Å². The highest BCUT2D eigenvalue weighted by atomic mass is 35.5. The van der Waals surface area contributed by atoms with Crippen LogP contribution in [0.2, 0.25) is 10.0 Å².